The van der Waals surface area contributed by atoms with E-state index in [1.165, 1.54) is 28.6 Å². The van der Waals surface area contributed by atoms with Crippen molar-refractivity contribution in [3.8, 4) is 5.69 Å². The monoisotopic (exact) mass is 456 g/mol. The van der Waals surface area contributed by atoms with E-state index in [2.05, 4.69) is 10.3 Å². The van der Waals surface area contributed by atoms with Crippen molar-refractivity contribution < 1.29 is 17.6 Å². The van der Waals surface area contributed by atoms with Gasteiger partial charge in [-0.3, -0.25) is 4.79 Å². The maximum Gasteiger partial charge on any atom is 0.223 e. The molecule has 7 nitrogen and oxygen atoms in total. The van der Waals surface area contributed by atoms with Gasteiger partial charge in [0.2, 0.25) is 15.9 Å². The molecule has 0 aliphatic carbocycles. The average Bonchev–Trinajstić information content (AvgIpc) is 3.34. The Kier molecular flexibility index (Phi) is 6.66. The van der Waals surface area contributed by atoms with Crippen LogP contribution in [0, 0.1) is 11.7 Å². The highest BCUT2D eigenvalue weighted by molar-refractivity contribution is 7.88. The molecule has 2 aromatic carbocycles. The quantitative estimate of drug-likeness (QED) is 0.593. The highest BCUT2D eigenvalue weighted by atomic mass is 32.2. The molecule has 1 N–H and O–H groups in total. The lowest BCUT2D eigenvalue weighted by Gasteiger charge is -2.30. The SMILES string of the molecule is O=C(NCc1ccc(-n2ccnc2)cc1)C1CCN(S(=O)(=O)Cc2ccc(F)cc2)CC1. The molecule has 4 rings (SSSR count). The minimum atomic E-state index is -3.50. The van der Waals surface area contributed by atoms with Gasteiger partial charge in [0.1, 0.15) is 5.82 Å². The lowest BCUT2D eigenvalue weighted by molar-refractivity contribution is -0.126. The minimum absolute atomic E-state index is 0.0562. The van der Waals surface area contributed by atoms with Crippen LogP contribution in [0.2, 0.25) is 0 Å². The van der Waals surface area contributed by atoms with Gasteiger partial charge in [0.25, 0.3) is 0 Å². The van der Waals surface area contributed by atoms with Crippen molar-refractivity contribution in [1.29, 1.82) is 0 Å². The fourth-order valence-corrected chi connectivity index (χ4v) is 5.37. The molecule has 2 heterocycles. The summed E-state index contributed by atoms with van der Waals surface area (Å²) < 4.78 is 41.7. The highest BCUT2D eigenvalue weighted by Crippen LogP contribution is 2.22. The fraction of sp³-hybridized carbons (Fsp3) is 0.304. The van der Waals surface area contributed by atoms with Gasteiger partial charge in [-0.25, -0.2) is 22.1 Å². The van der Waals surface area contributed by atoms with E-state index in [4.69, 9.17) is 0 Å². The summed E-state index contributed by atoms with van der Waals surface area (Å²) in [5.41, 5.74) is 2.53. The summed E-state index contributed by atoms with van der Waals surface area (Å²) in [6.07, 6.45) is 6.27. The molecular formula is C23H25FN4O3S. The third-order valence-electron chi connectivity index (χ3n) is 5.69. The number of halogens is 1. The summed E-state index contributed by atoms with van der Waals surface area (Å²) in [5, 5.41) is 2.96. The van der Waals surface area contributed by atoms with Crippen LogP contribution in [-0.2, 0) is 27.1 Å². The standard InChI is InChI=1S/C23H25FN4O3S/c24-21-5-1-19(2-6-21)16-32(30,31)28-12-9-20(10-13-28)23(29)26-15-18-3-7-22(8-4-18)27-14-11-25-17-27/h1-8,11,14,17,20H,9-10,12-13,15-16H2,(H,26,29). The first-order chi connectivity index (χ1) is 15.4. The number of aromatic nitrogens is 2. The Labute approximate surface area is 186 Å². The Morgan fingerprint density at radius 2 is 1.69 bits per heavy atom. The molecule has 0 radical (unpaired) electrons. The summed E-state index contributed by atoms with van der Waals surface area (Å²) in [6, 6.07) is 13.3. The topological polar surface area (TPSA) is 84.3 Å². The van der Waals surface area contributed by atoms with Crippen LogP contribution in [0.15, 0.2) is 67.3 Å². The van der Waals surface area contributed by atoms with E-state index in [0.717, 1.165) is 11.3 Å². The van der Waals surface area contributed by atoms with E-state index in [-0.39, 0.29) is 17.6 Å². The third-order valence-corrected chi connectivity index (χ3v) is 7.54. The van der Waals surface area contributed by atoms with Crippen LogP contribution in [-0.4, -0.2) is 41.3 Å². The summed E-state index contributed by atoms with van der Waals surface area (Å²) in [4.78, 5) is 16.6. The normalized spacial score (nSPS) is 15.5. The van der Waals surface area contributed by atoms with E-state index < -0.39 is 15.8 Å². The van der Waals surface area contributed by atoms with Crippen LogP contribution in [0.3, 0.4) is 0 Å². The zero-order valence-electron chi connectivity index (χ0n) is 17.5. The van der Waals surface area contributed by atoms with Crippen molar-refractivity contribution in [3.63, 3.8) is 0 Å². The number of rotatable bonds is 7. The number of imidazole rings is 1. The molecule has 0 unspecified atom stereocenters. The van der Waals surface area contributed by atoms with Crippen molar-refractivity contribution in [2.24, 2.45) is 5.92 Å². The van der Waals surface area contributed by atoms with Crippen molar-refractivity contribution in [2.45, 2.75) is 25.1 Å². The average molecular weight is 457 g/mol. The van der Waals surface area contributed by atoms with Gasteiger partial charge in [0, 0.05) is 43.6 Å². The Morgan fingerprint density at radius 3 is 2.31 bits per heavy atom. The molecule has 1 saturated heterocycles. The maximum absolute atomic E-state index is 13.0. The molecule has 0 saturated carbocycles. The number of nitrogens with zero attached hydrogens (tertiary/aromatic N) is 3. The molecule has 1 amide bonds. The molecular weight excluding hydrogens is 431 g/mol. The summed E-state index contributed by atoms with van der Waals surface area (Å²) in [7, 11) is -3.50. The Hall–Kier alpha value is -3.04. The van der Waals surface area contributed by atoms with E-state index in [1.54, 1.807) is 12.5 Å². The van der Waals surface area contributed by atoms with Gasteiger partial charge in [-0.1, -0.05) is 24.3 Å². The van der Waals surface area contributed by atoms with Crippen molar-refractivity contribution in [1.82, 2.24) is 19.2 Å². The Bertz CT molecular complexity index is 1140. The number of carbonyl (C=O) groups is 1. The molecule has 1 fully saturated rings. The number of hydrogen-bond acceptors (Lipinski definition) is 4. The first-order valence-corrected chi connectivity index (χ1v) is 12.1. The second-order valence-corrected chi connectivity index (χ2v) is 9.88. The summed E-state index contributed by atoms with van der Waals surface area (Å²) in [5.74, 6) is -0.831. The van der Waals surface area contributed by atoms with Crippen LogP contribution in [0.4, 0.5) is 4.39 Å². The second kappa shape index (κ2) is 9.62. The Balaban J connectivity index is 1.25. The predicted molar refractivity (Wildman–Crippen MR) is 119 cm³/mol. The smallest absolute Gasteiger partial charge is 0.223 e. The van der Waals surface area contributed by atoms with Crippen LogP contribution in [0.1, 0.15) is 24.0 Å². The molecule has 1 aliphatic rings. The van der Waals surface area contributed by atoms with Gasteiger partial charge in [0.15, 0.2) is 0 Å². The zero-order chi connectivity index (χ0) is 22.6. The van der Waals surface area contributed by atoms with Gasteiger partial charge in [-0.2, -0.15) is 0 Å². The molecule has 1 aliphatic heterocycles. The molecule has 168 valence electrons. The van der Waals surface area contributed by atoms with Gasteiger partial charge < -0.3 is 9.88 Å². The molecule has 1 aromatic heterocycles. The Morgan fingerprint density at radius 1 is 1.03 bits per heavy atom. The van der Waals surface area contributed by atoms with Crippen LogP contribution in [0.25, 0.3) is 5.69 Å². The molecule has 32 heavy (non-hydrogen) atoms. The number of benzene rings is 2. The number of carbonyl (C=O) groups excluding carboxylic acids is 1. The summed E-state index contributed by atoms with van der Waals surface area (Å²) in [6.45, 7) is 1.04. The number of amides is 1. The van der Waals surface area contributed by atoms with E-state index >= 15 is 0 Å². The molecule has 9 heteroatoms. The summed E-state index contributed by atoms with van der Waals surface area (Å²) >= 11 is 0. The fourth-order valence-electron chi connectivity index (χ4n) is 3.81. The lowest BCUT2D eigenvalue weighted by atomic mass is 9.97. The maximum atomic E-state index is 13.0. The molecule has 3 aromatic rings. The van der Waals surface area contributed by atoms with Crippen LogP contribution >= 0.6 is 0 Å². The molecule has 0 spiro atoms. The van der Waals surface area contributed by atoms with Gasteiger partial charge in [-0.05, 0) is 48.2 Å². The minimum Gasteiger partial charge on any atom is -0.352 e. The third kappa shape index (κ3) is 5.41. The second-order valence-electron chi connectivity index (χ2n) is 7.91. The van der Waals surface area contributed by atoms with Gasteiger partial charge in [-0.15, -0.1) is 0 Å². The van der Waals surface area contributed by atoms with Gasteiger partial charge in [0.05, 0.1) is 12.1 Å². The van der Waals surface area contributed by atoms with E-state index in [0.29, 0.717) is 38.0 Å². The zero-order valence-corrected chi connectivity index (χ0v) is 18.3. The largest absolute Gasteiger partial charge is 0.352 e. The van der Waals surface area contributed by atoms with Gasteiger partial charge >= 0.3 is 0 Å². The van der Waals surface area contributed by atoms with E-state index in [9.17, 15) is 17.6 Å². The van der Waals surface area contributed by atoms with Crippen molar-refractivity contribution in [3.05, 3.63) is 84.2 Å². The highest BCUT2D eigenvalue weighted by Gasteiger charge is 2.31. The molecule has 0 bridgehead atoms. The number of piperidine rings is 1. The van der Waals surface area contributed by atoms with Crippen LogP contribution < -0.4 is 5.32 Å². The van der Waals surface area contributed by atoms with Crippen molar-refractivity contribution >= 4 is 15.9 Å². The number of hydrogen-bond donors (Lipinski definition) is 1. The predicted octanol–water partition coefficient (Wildman–Crippen LogP) is 2.87. The number of nitrogens with one attached hydrogen (secondary N) is 1. The molecule has 0 atom stereocenters. The number of sulfonamides is 1. The lowest BCUT2D eigenvalue weighted by Crippen LogP contribution is -2.43. The first-order valence-electron chi connectivity index (χ1n) is 10.5. The van der Waals surface area contributed by atoms with Crippen molar-refractivity contribution in [2.75, 3.05) is 13.1 Å². The first kappa shape index (κ1) is 22.2. The van der Waals surface area contributed by atoms with E-state index in [1.807, 2.05) is 35.0 Å². The van der Waals surface area contributed by atoms with Crippen LogP contribution in [0.5, 0.6) is 0 Å².